The molecule has 0 radical (unpaired) electrons. The van der Waals surface area contributed by atoms with Crippen LogP contribution in [0.5, 0.6) is 0 Å². The molecule has 164 valence electrons. The molecule has 3 aromatic carbocycles. The molecule has 0 spiro atoms. The molecule has 0 N–H and O–H groups in total. The fourth-order valence-electron chi connectivity index (χ4n) is 4.12. The van der Waals surface area contributed by atoms with Gasteiger partial charge >= 0.3 is 6.18 Å². The molecular weight excluding hydrogens is 415 g/mol. The van der Waals surface area contributed by atoms with Gasteiger partial charge in [0.15, 0.2) is 0 Å². The van der Waals surface area contributed by atoms with Crippen molar-refractivity contribution in [3.8, 4) is 6.07 Å². The number of carbonyl (C=O) groups excluding carboxylic acids is 1. The average Bonchev–Trinajstić information content (AvgIpc) is 2.81. The second kappa shape index (κ2) is 8.91. The van der Waals surface area contributed by atoms with Crippen molar-refractivity contribution in [1.29, 1.82) is 5.26 Å². The SMILES string of the molecule is N#Cc1ccc(N2CCCCN2C(=O)CCc2ccc(C(F)(F)F)cc2)c2ccccc12. The Bertz CT molecular complexity index is 1170. The number of benzene rings is 3. The number of anilines is 1. The molecule has 1 aliphatic heterocycles. The third kappa shape index (κ3) is 4.40. The van der Waals surface area contributed by atoms with Gasteiger partial charge in [0.25, 0.3) is 0 Å². The van der Waals surface area contributed by atoms with Crippen molar-refractivity contribution in [3.63, 3.8) is 0 Å². The third-order valence-electron chi connectivity index (χ3n) is 5.78. The van der Waals surface area contributed by atoms with Crippen LogP contribution in [0.1, 0.15) is 36.0 Å². The number of nitriles is 1. The largest absolute Gasteiger partial charge is 0.416 e. The van der Waals surface area contributed by atoms with Gasteiger partial charge in [0.1, 0.15) is 0 Å². The summed E-state index contributed by atoms with van der Waals surface area (Å²) in [6.07, 6.45) is -1.97. The maximum atomic E-state index is 13.1. The summed E-state index contributed by atoms with van der Waals surface area (Å²) in [4.78, 5) is 13.1. The highest BCUT2D eigenvalue weighted by atomic mass is 19.4. The molecule has 1 saturated heterocycles. The molecule has 0 unspecified atom stereocenters. The van der Waals surface area contributed by atoms with E-state index in [-0.39, 0.29) is 12.3 Å². The van der Waals surface area contributed by atoms with Crippen molar-refractivity contribution < 1.29 is 18.0 Å². The first-order chi connectivity index (χ1) is 15.4. The number of rotatable bonds is 4. The third-order valence-corrected chi connectivity index (χ3v) is 5.78. The fourth-order valence-corrected chi connectivity index (χ4v) is 4.12. The Balaban J connectivity index is 1.54. The van der Waals surface area contributed by atoms with Crippen LogP contribution in [-0.2, 0) is 17.4 Å². The summed E-state index contributed by atoms with van der Waals surface area (Å²) in [7, 11) is 0. The van der Waals surface area contributed by atoms with Crippen molar-refractivity contribution in [2.45, 2.75) is 31.9 Å². The number of hydrazine groups is 1. The first-order valence-electron chi connectivity index (χ1n) is 10.5. The van der Waals surface area contributed by atoms with E-state index in [2.05, 4.69) is 6.07 Å². The Morgan fingerprint density at radius 2 is 1.62 bits per heavy atom. The minimum Gasteiger partial charge on any atom is -0.282 e. The van der Waals surface area contributed by atoms with Crippen molar-refractivity contribution in [1.82, 2.24) is 5.01 Å². The van der Waals surface area contributed by atoms with Crippen molar-refractivity contribution in [3.05, 3.63) is 77.4 Å². The Morgan fingerprint density at radius 3 is 2.31 bits per heavy atom. The molecule has 4 nitrogen and oxygen atoms in total. The molecule has 0 saturated carbocycles. The van der Waals surface area contributed by atoms with E-state index < -0.39 is 11.7 Å². The van der Waals surface area contributed by atoms with Crippen molar-refractivity contribution >= 4 is 22.4 Å². The number of hydrogen-bond acceptors (Lipinski definition) is 3. The van der Waals surface area contributed by atoms with E-state index in [1.54, 1.807) is 11.1 Å². The molecule has 4 rings (SSSR count). The van der Waals surface area contributed by atoms with Crippen LogP contribution in [0.4, 0.5) is 18.9 Å². The van der Waals surface area contributed by atoms with Crippen molar-refractivity contribution in [2.24, 2.45) is 0 Å². The standard InChI is InChI=1S/C25H22F3N3O/c26-25(27,28)20-11-7-18(8-12-20)9-14-24(32)31-16-4-3-15-30(31)23-13-10-19(17-29)21-5-1-2-6-22(21)23/h1-2,5-8,10-13H,3-4,9,14-16H2. The Labute approximate surface area is 184 Å². The predicted octanol–water partition coefficient (Wildman–Crippen LogP) is 5.71. The molecule has 0 aromatic heterocycles. The molecule has 1 aliphatic rings. The normalized spacial score (nSPS) is 14.4. The van der Waals surface area contributed by atoms with E-state index in [0.717, 1.165) is 41.4 Å². The lowest BCUT2D eigenvalue weighted by Crippen LogP contribution is -2.50. The maximum Gasteiger partial charge on any atom is 0.416 e. The van der Waals surface area contributed by atoms with Gasteiger partial charge in [0, 0.05) is 30.3 Å². The Hall–Kier alpha value is -3.53. The van der Waals surface area contributed by atoms with E-state index >= 15 is 0 Å². The summed E-state index contributed by atoms with van der Waals surface area (Å²) in [5, 5.41) is 14.9. The van der Waals surface area contributed by atoms with E-state index in [0.29, 0.717) is 30.6 Å². The molecule has 1 amide bonds. The van der Waals surface area contributed by atoms with Crippen LogP contribution in [-0.4, -0.2) is 24.0 Å². The first-order valence-corrected chi connectivity index (χ1v) is 10.5. The number of alkyl halides is 3. The summed E-state index contributed by atoms with van der Waals surface area (Å²) in [5.74, 6) is -0.0713. The molecule has 32 heavy (non-hydrogen) atoms. The van der Waals surface area contributed by atoms with E-state index in [4.69, 9.17) is 0 Å². The first kappa shape index (κ1) is 21.7. The fraction of sp³-hybridized carbons (Fsp3) is 0.280. The zero-order valence-corrected chi connectivity index (χ0v) is 17.4. The van der Waals surface area contributed by atoms with Crippen LogP contribution in [0.25, 0.3) is 10.8 Å². The minimum atomic E-state index is -4.37. The highest BCUT2D eigenvalue weighted by molar-refractivity contribution is 5.98. The zero-order valence-electron chi connectivity index (χ0n) is 17.4. The van der Waals surface area contributed by atoms with Gasteiger partial charge in [0.2, 0.25) is 5.91 Å². The van der Waals surface area contributed by atoms with E-state index in [9.17, 15) is 23.2 Å². The minimum absolute atomic E-state index is 0.0713. The van der Waals surface area contributed by atoms with Crippen LogP contribution >= 0.6 is 0 Å². The molecule has 0 bridgehead atoms. The van der Waals surface area contributed by atoms with Gasteiger partial charge in [-0.15, -0.1) is 0 Å². The molecule has 0 aliphatic carbocycles. The number of hydrogen-bond donors (Lipinski definition) is 0. The number of halogens is 3. The van der Waals surface area contributed by atoms with Crippen LogP contribution in [0, 0.1) is 11.3 Å². The lowest BCUT2D eigenvalue weighted by Gasteiger charge is -2.41. The van der Waals surface area contributed by atoms with Crippen molar-refractivity contribution in [2.75, 3.05) is 18.1 Å². The smallest absolute Gasteiger partial charge is 0.282 e. The summed E-state index contributed by atoms with van der Waals surface area (Å²) < 4.78 is 38.3. The predicted molar refractivity (Wildman–Crippen MR) is 117 cm³/mol. The monoisotopic (exact) mass is 437 g/mol. The average molecular weight is 437 g/mol. The van der Waals surface area contributed by atoms with Gasteiger partial charge in [-0.1, -0.05) is 36.4 Å². The van der Waals surface area contributed by atoms with Gasteiger partial charge in [0.05, 0.1) is 22.9 Å². The topological polar surface area (TPSA) is 47.3 Å². The molecule has 1 fully saturated rings. The maximum absolute atomic E-state index is 13.1. The summed E-state index contributed by atoms with van der Waals surface area (Å²) >= 11 is 0. The molecular formula is C25H22F3N3O. The van der Waals surface area contributed by atoms with E-state index in [1.165, 1.54) is 12.1 Å². The Kier molecular flexibility index (Phi) is 6.04. The second-order valence-corrected chi connectivity index (χ2v) is 7.83. The second-order valence-electron chi connectivity index (χ2n) is 7.83. The van der Waals surface area contributed by atoms with Crippen LogP contribution in [0.15, 0.2) is 60.7 Å². The molecule has 0 atom stereocenters. The number of fused-ring (bicyclic) bond motifs is 1. The summed E-state index contributed by atoms with van der Waals surface area (Å²) in [6.45, 7) is 1.27. The lowest BCUT2D eigenvalue weighted by atomic mass is 10.0. The summed E-state index contributed by atoms with van der Waals surface area (Å²) in [6, 6.07) is 18.5. The molecule has 7 heteroatoms. The molecule has 3 aromatic rings. The van der Waals surface area contributed by atoms with Crippen LogP contribution in [0.3, 0.4) is 0 Å². The highest BCUT2D eigenvalue weighted by Gasteiger charge is 2.30. The van der Waals surface area contributed by atoms with Crippen LogP contribution < -0.4 is 5.01 Å². The number of amides is 1. The molecule has 1 heterocycles. The zero-order chi connectivity index (χ0) is 22.7. The quantitative estimate of drug-likeness (QED) is 0.526. The van der Waals surface area contributed by atoms with Gasteiger partial charge in [-0.05, 0) is 49.1 Å². The Morgan fingerprint density at radius 1 is 0.938 bits per heavy atom. The lowest BCUT2D eigenvalue weighted by molar-refractivity contribution is -0.137. The van der Waals surface area contributed by atoms with Gasteiger partial charge < -0.3 is 0 Å². The number of aryl methyl sites for hydroxylation is 1. The van der Waals surface area contributed by atoms with E-state index in [1.807, 2.05) is 35.3 Å². The van der Waals surface area contributed by atoms with Crippen LogP contribution in [0.2, 0.25) is 0 Å². The highest BCUT2D eigenvalue weighted by Crippen LogP contribution is 2.32. The summed E-state index contributed by atoms with van der Waals surface area (Å²) in [5.41, 5.74) is 1.46. The van der Waals surface area contributed by atoms with Gasteiger partial charge in [-0.25, -0.2) is 0 Å². The van der Waals surface area contributed by atoms with Gasteiger partial charge in [-0.2, -0.15) is 18.4 Å². The number of nitrogens with zero attached hydrogens (tertiary/aromatic N) is 3. The van der Waals surface area contributed by atoms with Gasteiger partial charge in [-0.3, -0.25) is 14.8 Å². The number of carbonyl (C=O) groups is 1.